The summed E-state index contributed by atoms with van der Waals surface area (Å²) in [5.74, 6) is -1.76. The number of nitrogens with zero attached hydrogens (tertiary/aromatic N) is 1. The Balaban J connectivity index is 2.15. The van der Waals surface area contributed by atoms with Crippen LogP contribution in [0.2, 0.25) is 0 Å². The Bertz CT molecular complexity index is 697. The van der Waals surface area contributed by atoms with Gasteiger partial charge in [0.1, 0.15) is 5.00 Å². The lowest BCUT2D eigenvalue weighted by atomic mass is 10.1. The topological polar surface area (TPSA) is 91.3 Å². The summed E-state index contributed by atoms with van der Waals surface area (Å²) in [5.41, 5.74) is 0.993. The fourth-order valence-electron chi connectivity index (χ4n) is 1.69. The predicted molar refractivity (Wildman–Crippen MR) is 77.6 cm³/mol. The number of aromatic carboxylic acids is 1. The van der Waals surface area contributed by atoms with Gasteiger partial charge in [-0.15, -0.1) is 11.3 Å². The number of anilines is 2. The Morgan fingerprint density at radius 1 is 1.29 bits per heavy atom. The third kappa shape index (κ3) is 3.34. The van der Waals surface area contributed by atoms with Gasteiger partial charge >= 0.3 is 12.0 Å². The smallest absolute Gasteiger partial charge is 0.338 e. The minimum Gasteiger partial charge on any atom is -0.478 e. The van der Waals surface area contributed by atoms with Crippen LogP contribution in [-0.4, -0.2) is 22.1 Å². The van der Waals surface area contributed by atoms with Crippen LogP contribution < -0.4 is 10.6 Å². The molecule has 21 heavy (non-hydrogen) atoms. The molecular formula is C13H12FN3O3S. The van der Waals surface area contributed by atoms with E-state index in [1.54, 1.807) is 13.8 Å². The van der Waals surface area contributed by atoms with Crippen LogP contribution in [0.15, 0.2) is 18.3 Å². The lowest BCUT2D eigenvalue weighted by Crippen LogP contribution is -2.20. The molecule has 110 valence electrons. The van der Waals surface area contributed by atoms with E-state index < -0.39 is 17.9 Å². The van der Waals surface area contributed by atoms with Gasteiger partial charge in [0.2, 0.25) is 5.95 Å². The zero-order chi connectivity index (χ0) is 15.6. The van der Waals surface area contributed by atoms with E-state index in [0.717, 1.165) is 17.1 Å². The van der Waals surface area contributed by atoms with E-state index >= 15 is 0 Å². The summed E-state index contributed by atoms with van der Waals surface area (Å²) >= 11 is 1.18. The van der Waals surface area contributed by atoms with E-state index in [1.807, 2.05) is 0 Å². The highest BCUT2D eigenvalue weighted by molar-refractivity contribution is 7.16. The number of rotatable bonds is 3. The monoisotopic (exact) mass is 309 g/mol. The average Bonchev–Trinajstić information content (AvgIpc) is 2.67. The standard InChI is InChI=1S/C13H12FN3O3S/c1-6-7(2)21-11(10(6)12(18)19)17-13(20)16-8-3-4-9(14)15-5-8/h3-5H,1-2H3,(H,18,19)(H2,16,17,20). The highest BCUT2D eigenvalue weighted by Gasteiger charge is 2.20. The van der Waals surface area contributed by atoms with Gasteiger partial charge in [0.05, 0.1) is 17.4 Å². The van der Waals surface area contributed by atoms with E-state index in [1.165, 1.54) is 17.4 Å². The first-order valence-corrected chi connectivity index (χ1v) is 6.73. The molecule has 2 aromatic rings. The largest absolute Gasteiger partial charge is 0.478 e. The maximum absolute atomic E-state index is 12.7. The van der Waals surface area contributed by atoms with Gasteiger partial charge < -0.3 is 10.4 Å². The van der Waals surface area contributed by atoms with Crippen molar-refractivity contribution < 1.29 is 19.1 Å². The molecule has 0 aromatic carbocycles. The molecule has 0 radical (unpaired) electrons. The lowest BCUT2D eigenvalue weighted by molar-refractivity contribution is 0.0697. The minimum atomic E-state index is -1.10. The molecule has 0 saturated carbocycles. The molecule has 2 heterocycles. The van der Waals surface area contributed by atoms with Crippen molar-refractivity contribution in [2.24, 2.45) is 0 Å². The third-order valence-corrected chi connectivity index (χ3v) is 3.93. The molecule has 0 atom stereocenters. The third-order valence-electron chi connectivity index (χ3n) is 2.81. The second-order valence-electron chi connectivity index (χ2n) is 4.24. The summed E-state index contributed by atoms with van der Waals surface area (Å²) in [6, 6.07) is 1.84. The molecule has 0 saturated heterocycles. The van der Waals surface area contributed by atoms with Crippen LogP contribution in [-0.2, 0) is 0 Å². The van der Waals surface area contributed by atoms with Crippen molar-refractivity contribution in [3.8, 4) is 0 Å². The van der Waals surface area contributed by atoms with Gasteiger partial charge in [0.25, 0.3) is 0 Å². The Kier molecular flexibility index (Phi) is 4.18. The van der Waals surface area contributed by atoms with E-state index in [-0.39, 0.29) is 10.6 Å². The molecule has 3 N–H and O–H groups in total. The number of hydrogen-bond donors (Lipinski definition) is 3. The molecule has 0 unspecified atom stereocenters. The Morgan fingerprint density at radius 2 is 2.00 bits per heavy atom. The molecule has 2 rings (SSSR count). The van der Waals surface area contributed by atoms with Crippen molar-refractivity contribution in [3.63, 3.8) is 0 Å². The van der Waals surface area contributed by atoms with E-state index in [9.17, 15) is 19.1 Å². The van der Waals surface area contributed by atoms with Crippen molar-refractivity contribution in [2.45, 2.75) is 13.8 Å². The lowest BCUT2D eigenvalue weighted by Gasteiger charge is -2.06. The average molecular weight is 309 g/mol. The Hall–Kier alpha value is -2.48. The van der Waals surface area contributed by atoms with Crippen LogP contribution in [0.4, 0.5) is 19.9 Å². The number of carboxylic acid groups (broad SMARTS) is 1. The highest BCUT2D eigenvalue weighted by Crippen LogP contribution is 2.32. The van der Waals surface area contributed by atoms with Crippen LogP contribution >= 0.6 is 11.3 Å². The highest BCUT2D eigenvalue weighted by atomic mass is 32.1. The van der Waals surface area contributed by atoms with E-state index in [0.29, 0.717) is 11.3 Å². The molecule has 0 aliphatic carbocycles. The molecule has 6 nitrogen and oxygen atoms in total. The number of halogens is 1. The number of carbonyl (C=O) groups excluding carboxylic acids is 1. The Labute approximate surface area is 123 Å². The van der Waals surface area contributed by atoms with Crippen molar-refractivity contribution in [1.82, 2.24) is 4.98 Å². The number of aryl methyl sites for hydroxylation is 1. The normalized spacial score (nSPS) is 10.2. The summed E-state index contributed by atoms with van der Waals surface area (Å²) in [5, 5.41) is 14.4. The van der Waals surface area contributed by atoms with Crippen LogP contribution in [0.5, 0.6) is 0 Å². The van der Waals surface area contributed by atoms with Crippen LogP contribution in [0.3, 0.4) is 0 Å². The first kappa shape index (κ1) is 14.9. The number of thiophene rings is 1. The van der Waals surface area contributed by atoms with Crippen molar-refractivity contribution >= 4 is 34.0 Å². The van der Waals surface area contributed by atoms with Gasteiger partial charge in [0, 0.05) is 4.88 Å². The molecular weight excluding hydrogens is 297 g/mol. The number of nitrogens with one attached hydrogen (secondary N) is 2. The molecule has 0 aliphatic rings. The van der Waals surface area contributed by atoms with E-state index in [4.69, 9.17) is 0 Å². The SMILES string of the molecule is Cc1sc(NC(=O)Nc2ccc(F)nc2)c(C(=O)O)c1C. The number of urea groups is 1. The fraction of sp³-hybridized carbons (Fsp3) is 0.154. The summed E-state index contributed by atoms with van der Waals surface area (Å²) < 4.78 is 12.7. The maximum atomic E-state index is 12.7. The predicted octanol–water partition coefficient (Wildman–Crippen LogP) is 3.24. The van der Waals surface area contributed by atoms with Gasteiger partial charge in [-0.3, -0.25) is 5.32 Å². The number of hydrogen-bond acceptors (Lipinski definition) is 4. The van der Waals surface area contributed by atoms with Gasteiger partial charge in [-0.2, -0.15) is 4.39 Å². The van der Waals surface area contributed by atoms with Gasteiger partial charge in [0.15, 0.2) is 0 Å². The fourth-order valence-corrected chi connectivity index (χ4v) is 2.74. The van der Waals surface area contributed by atoms with Gasteiger partial charge in [-0.25, -0.2) is 14.6 Å². The van der Waals surface area contributed by atoms with Crippen LogP contribution in [0.25, 0.3) is 0 Å². The number of amides is 2. The van der Waals surface area contributed by atoms with Crippen molar-refractivity contribution in [3.05, 3.63) is 40.3 Å². The molecule has 8 heteroatoms. The molecule has 0 bridgehead atoms. The van der Waals surface area contributed by atoms with Gasteiger partial charge in [-0.05, 0) is 31.5 Å². The number of pyridine rings is 1. The van der Waals surface area contributed by atoms with Crippen LogP contribution in [0, 0.1) is 19.8 Å². The molecule has 0 fully saturated rings. The summed E-state index contributed by atoms with van der Waals surface area (Å²) in [6.45, 7) is 3.46. The zero-order valence-electron chi connectivity index (χ0n) is 11.2. The van der Waals surface area contributed by atoms with Crippen molar-refractivity contribution in [1.29, 1.82) is 0 Å². The first-order chi connectivity index (χ1) is 9.88. The molecule has 0 aliphatic heterocycles. The summed E-state index contributed by atoms with van der Waals surface area (Å²) in [4.78, 5) is 27.3. The zero-order valence-corrected chi connectivity index (χ0v) is 12.0. The number of carbonyl (C=O) groups is 2. The second-order valence-corrected chi connectivity index (χ2v) is 5.47. The molecule has 2 amide bonds. The maximum Gasteiger partial charge on any atom is 0.338 e. The minimum absolute atomic E-state index is 0.0740. The summed E-state index contributed by atoms with van der Waals surface area (Å²) in [7, 11) is 0. The Morgan fingerprint density at radius 3 is 2.57 bits per heavy atom. The summed E-state index contributed by atoms with van der Waals surface area (Å²) in [6.07, 6.45) is 1.16. The first-order valence-electron chi connectivity index (χ1n) is 5.91. The number of aromatic nitrogens is 1. The molecule has 0 spiro atoms. The van der Waals surface area contributed by atoms with Crippen molar-refractivity contribution in [2.75, 3.05) is 10.6 Å². The quantitative estimate of drug-likeness (QED) is 0.759. The van der Waals surface area contributed by atoms with Crippen LogP contribution in [0.1, 0.15) is 20.8 Å². The van der Waals surface area contributed by atoms with Gasteiger partial charge in [-0.1, -0.05) is 0 Å². The van der Waals surface area contributed by atoms with E-state index in [2.05, 4.69) is 15.6 Å². The second kappa shape index (κ2) is 5.88. The number of carboxylic acids is 1. The molecule has 2 aromatic heterocycles.